The molecule has 4 heteroatoms. The van der Waals surface area contributed by atoms with Gasteiger partial charge < -0.3 is 5.73 Å². The van der Waals surface area contributed by atoms with Gasteiger partial charge in [0.1, 0.15) is 0 Å². The fourth-order valence-electron chi connectivity index (χ4n) is 0.0659. The van der Waals surface area contributed by atoms with Crippen molar-refractivity contribution in [3.63, 3.8) is 0 Å². The lowest BCUT2D eigenvalue weighted by atomic mass is 10.4. The first-order valence-electron chi connectivity index (χ1n) is 1.57. The predicted octanol–water partition coefficient (Wildman–Crippen LogP) is -0.524. The monoisotopic (exact) mass is 213 g/mol. The van der Waals surface area contributed by atoms with Gasteiger partial charge in [0.05, 0.1) is 4.43 Å². The molecule has 0 rings (SSSR count). The molecule has 0 saturated heterocycles. The maximum absolute atomic E-state index is 10.0. The average Bonchev–Trinajstić information content (AvgIpc) is 1.65. The van der Waals surface area contributed by atoms with Crippen LogP contribution in [0.3, 0.4) is 0 Å². The van der Waals surface area contributed by atoms with Crippen molar-refractivity contribution in [2.24, 2.45) is 5.73 Å². The minimum Gasteiger partial charge on any atom is -0.363 e. The van der Waals surface area contributed by atoms with Gasteiger partial charge >= 0.3 is 0 Å². The lowest BCUT2D eigenvalue weighted by Gasteiger charge is -1.80. The van der Waals surface area contributed by atoms with Crippen LogP contribution < -0.4 is 5.73 Å². The minimum absolute atomic E-state index is 0.174. The number of amides is 1. The van der Waals surface area contributed by atoms with Gasteiger partial charge in [-0.2, -0.15) is 0 Å². The van der Waals surface area contributed by atoms with Crippen LogP contribution in [-0.2, 0) is 9.59 Å². The van der Waals surface area contributed by atoms with Gasteiger partial charge in [-0.05, 0) is 0 Å². The molecule has 7 heavy (non-hydrogen) atoms. The van der Waals surface area contributed by atoms with Crippen molar-refractivity contribution in [2.45, 2.75) is 0 Å². The molecule has 0 aliphatic rings. The van der Waals surface area contributed by atoms with Gasteiger partial charge in [-0.3, -0.25) is 9.59 Å². The third-order valence-electron chi connectivity index (χ3n) is 0.396. The standard InChI is InChI=1S/C3H4INO2/c4-1-2(6)3(5)7/h1H2,(H2,5,7). The van der Waals surface area contributed by atoms with Gasteiger partial charge in [0.25, 0.3) is 5.91 Å². The summed E-state index contributed by atoms with van der Waals surface area (Å²) < 4.78 is 0.174. The highest BCUT2D eigenvalue weighted by atomic mass is 127. The lowest BCUT2D eigenvalue weighted by Crippen LogP contribution is -2.23. The first-order chi connectivity index (χ1) is 3.18. The summed E-state index contributed by atoms with van der Waals surface area (Å²) in [6.45, 7) is 0. The van der Waals surface area contributed by atoms with E-state index < -0.39 is 11.7 Å². The summed E-state index contributed by atoms with van der Waals surface area (Å²) in [6.07, 6.45) is 0. The maximum Gasteiger partial charge on any atom is 0.285 e. The molecule has 1 amide bonds. The molecular weight excluding hydrogens is 209 g/mol. The van der Waals surface area contributed by atoms with Crippen molar-refractivity contribution in [1.82, 2.24) is 0 Å². The third-order valence-corrected chi connectivity index (χ3v) is 1.09. The van der Waals surface area contributed by atoms with E-state index in [1.165, 1.54) is 0 Å². The van der Waals surface area contributed by atoms with Crippen LogP contribution in [0.2, 0.25) is 0 Å². The van der Waals surface area contributed by atoms with Gasteiger partial charge in [0.15, 0.2) is 0 Å². The second kappa shape index (κ2) is 2.95. The number of hydrogen-bond donors (Lipinski definition) is 1. The molecule has 0 aromatic heterocycles. The van der Waals surface area contributed by atoms with Gasteiger partial charge in [-0.25, -0.2) is 0 Å². The molecule has 0 spiro atoms. The molecule has 0 radical (unpaired) electrons. The molecule has 0 aromatic rings. The Labute approximate surface area is 54.4 Å². The topological polar surface area (TPSA) is 60.2 Å². The number of ketones is 1. The minimum atomic E-state index is -0.852. The normalized spacial score (nSPS) is 8.14. The summed E-state index contributed by atoms with van der Waals surface area (Å²) in [4.78, 5) is 19.8. The summed E-state index contributed by atoms with van der Waals surface area (Å²) in [5.41, 5.74) is 4.55. The Balaban J connectivity index is 3.58. The number of rotatable bonds is 2. The molecule has 2 N–H and O–H groups in total. The zero-order valence-electron chi connectivity index (χ0n) is 3.48. The van der Waals surface area contributed by atoms with Crippen molar-refractivity contribution in [3.05, 3.63) is 0 Å². The highest BCUT2D eigenvalue weighted by Gasteiger charge is 2.03. The van der Waals surface area contributed by atoms with Crippen molar-refractivity contribution in [2.75, 3.05) is 4.43 Å². The van der Waals surface area contributed by atoms with Crippen molar-refractivity contribution in [3.8, 4) is 0 Å². The van der Waals surface area contributed by atoms with Gasteiger partial charge in [0.2, 0.25) is 5.78 Å². The second-order valence-corrected chi connectivity index (χ2v) is 1.68. The van der Waals surface area contributed by atoms with E-state index in [-0.39, 0.29) is 4.43 Å². The predicted molar refractivity (Wildman–Crippen MR) is 33.1 cm³/mol. The van der Waals surface area contributed by atoms with Gasteiger partial charge in [0, 0.05) is 0 Å². The Kier molecular flexibility index (Phi) is 2.89. The number of primary amides is 1. The van der Waals surface area contributed by atoms with E-state index in [0.29, 0.717) is 0 Å². The quantitative estimate of drug-likeness (QED) is 0.381. The van der Waals surface area contributed by atoms with E-state index >= 15 is 0 Å². The molecule has 0 aliphatic carbocycles. The van der Waals surface area contributed by atoms with Crippen molar-refractivity contribution >= 4 is 34.3 Å². The van der Waals surface area contributed by atoms with E-state index in [0.717, 1.165) is 0 Å². The van der Waals surface area contributed by atoms with Crippen LogP contribution in [0.25, 0.3) is 0 Å². The summed E-state index contributed by atoms with van der Waals surface area (Å²) in [5.74, 6) is -1.38. The number of alkyl halides is 1. The zero-order chi connectivity index (χ0) is 5.86. The number of carbonyl (C=O) groups is 2. The molecule has 0 aromatic carbocycles. The van der Waals surface area contributed by atoms with Gasteiger partial charge in [-0.15, -0.1) is 0 Å². The van der Waals surface area contributed by atoms with E-state index in [2.05, 4.69) is 5.73 Å². The molecule has 0 bridgehead atoms. The fourth-order valence-corrected chi connectivity index (χ4v) is 0.442. The van der Waals surface area contributed by atoms with Crippen LogP contribution in [0.1, 0.15) is 0 Å². The number of carbonyl (C=O) groups excluding carboxylic acids is 2. The molecule has 0 saturated carbocycles. The summed E-state index contributed by atoms with van der Waals surface area (Å²) in [6, 6.07) is 0. The second-order valence-electron chi connectivity index (χ2n) is 0.921. The largest absolute Gasteiger partial charge is 0.363 e. The Morgan fingerprint density at radius 2 is 2.00 bits per heavy atom. The highest BCUT2D eigenvalue weighted by Crippen LogP contribution is 1.79. The molecule has 0 unspecified atom stereocenters. The summed E-state index contributed by atoms with van der Waals surface area (Å²) in [5, 5.41) is 0. The fraction of sp³-hybridized carbons (Fsp3) is 0.333. The zero-order valence-corrected chi connectivity index (χ0v) is 5.64. The third kappa shape index (κ3) is 2.55. The van der Waals surface area contributed by atoms with E-state index in [4.69, 9.17) is 0 Å². The molecule has 0 fully saturated rings. The van der Waals surface area contributed by atoms with Crippen LogP contribution in [0.4, 0.5) is 0 Å². The Bertz CT molecular complexity index is 101. The molecule has 0 aliphatic heterocycles. The number of hydrogen-bond acceptors (Lipinski definition) is 2. The SMILES string of the molecule is NC(=O)C(=O)CI. The van der Waals surface area contributed by atoms with E-state index in [9.17, 15) is 9.59 Å². The smallest absolute Gasteiger partial charge is 0.285 e. The molecule has 0 atom stereocenters. The number of nitrogens with two attached hydrogens (primary N) is 1. The average molecular weight is 213 g/mol. The summed E-state index contributed by atoms with van der Waals surface area (Å²) >= 11 is 1.78. The van der Waals surface area contributed by atoms with E-state index in [1.54, 1.807) is 22.6 Å². The molecule has 0 heterocycles. The highest BCUT2D eigenvalue weighted by molar-refractivity contribution is 14.1. The summed E-state index contributed by atoms with van der Waals surface area (Å²) in [7, 11) is 0. The Morgan fingerprint density at radius 3 is 2.00 bits per heavy atom. The number of halogens is 1. The van der Waals surface area contributed by atoms with Crippen LogP contribution >= 0.6 is 22.6 Å². The Hall–Kier alpha value is -0.130. The lowest BCUT2D eigenvalue weighted by molar-refractivity contribution is -0.134. The first-order valence-corrected chi connectivity index (χ1v) is 3.09. The van der Waals surface area contributed by atoms with Crippen molar-refractivity contribution < 1.29 is 9.59 Å². The van der Waals surface area contributed by atoms with E-state index in [1.807, 2.05) is 0 Å². The van der Waals surface area contributed by atoms with Crippen LogP contribution in [-0.4, -0.2) is 16.1 Å². The Morgan fingerprint density at radius 1 is 1.57 bits per heavy atom. The first kappa shape index (κ1) is 6.87. The van der Waals surface area contributed by atoms with Crippen LogP contribution in [0.15, 0.2) is 0 Å². The molecular formula is C3H4INO2. The molecule has 3 nitrogen and oxygen atoms in total. The molecule has 40 valence electrons. The van der Waals surface area contributed by atoms with Crippen molar-refractivity contribution in [1.29, 1.82) is 0 Å². The maximum atomic E-state index is 10.0. The van der Waals surface area contributed by atoms with Crippen LogP contribution in [0, 0.1) is 0 Å². The van der Waals surface area contributed by atoms with Gasteiger partial charge in [-0.1, -0.05) is 22.6 Å². The van der Waals surface area contributed by atoms with Crippen LogP contribution in [0.5, 0.6) is 0 Å². The number of Topliss-reactive ketones (excluding diaryl/α,β-unsaturated/α-hetero) is 1.